The van der Waals surface area contributed by atoms with E-state index in [-0.39, 0.29) is 17.2 Å². The third kappa shape index (κ3) is 4.12. The zero-order valence-corrected chi connectivity index (χ0v) is 18.8. The normalized spacial score (nSPS) is 10.9. The summed E-state index contributed by atoms with van der Waals surface area (Å²) >= 11 is 0. The van der Waals surface area contributed by atoms with E-state index < -0.39 is 5.91 Å². The van der Waals surface area contributed by atoms with Gasteiger partial charge in [0.05, 0.1) is 19.0 Å². The molecule has 5 rings (SSSR count). The number of anilines is 1. The minimum absolute atomic E-state index is 0.193. The molecule has 9 nitrogen and oxygen atoms in total. The first kappa shape index (κ1) is 22.0. The van der Waals surface area contributed by atoms with Gasteiger partial charge in [-0.3, -0.25) is 4.79 Å². The van der Waals surface area contributed by atoms with Gasteiger partial charge in [-0.1, -0.05) is 0 Å². The summed E-state index contributed by atoms with van der Waals surface area (Å²) in [6, 6.07) is 12.9. The van der Waals surface area contributed by atoms with Gasteiger partial charge in [0.25, 0.3) is 5.91 Å². The first-order valence-electron chi connectivity index (χ1n) is 10.6. The molecule has 1 amide bonds. The molecule has 0 aliphatic carbocycles. The van der Waals surface area contributed by atoms with Crippen LogP contribution >= 0.6 is 0 Å². The summed E-state index contributed by atoms with van der Waals surface area (Å²) in [6.07, 6.45) is 5.60. The Labute approximate surface area is 199 Å². The number of carbonyl (C=O) groups is 1. The van der Waals surface area contributed by atoms with E-state index in [1.807, 2.05) is 0 Å². The van der Waals surface area contributed by atoms with Crippen LogP contribution in [0.3, 0.4) is 0 Å². The molecule has 0 saturated carbocycles. The Hall–Kier alpha value is -4.86. The average Bonchev–Trinajstić information content (AvgIpc) is 3.25. The van der Waals surface area contributed by atoms with Crippen LogP contribution in [0.25, 0.3) is 28.2 Å². The van der Waals surface area contributed by atoms with Crippen LogP contribution in [-0.2, 0) is 0 Å². The van der Waals surface area contributed by atoms with Crippen LogP contribution in [0, 0.1) is 17.9 Å². The SMILES string of the molecule is COc1ccnn2c(-c3ccnc(NC(=O)c4ccc[n+]([O-])c4)c3)c(-c3ccc(F)c(C)c3)nc12. The topological polar surface area (TPSA) is 108 Å². The average molecular weight is 470 g/mol. The number of rotatable bonds is 5. The van der Waals surface area contributed by atoms with Crippen molar-refractivity contribution in [3.05, 3.63) is 95.5 Å². The first-order valence-corrected chi connectivity index (χ1v) is 10.6. The third-order valence-electron chi connectivity index (χ3n) is 5.45. The van der Waals surface area contributed by atoms with E-state index in [1.165, 1.54) is 30.6 Å². The Kier molecular flexibility index (Phi) is 5.54. The second-order valence-electron chi connectivity index (χ2n) is 7.74. The van der Waals surface area contributed by atoms with Crippen molar-refractivity contribution in [3.8, 4) is 28.3 Å². The monoisotopic (exact) mass is 470 g/mol. The lowest BCUT2D eigenvalue weighted by molar-refractivity contribution is -0.605. The Morgan fingerprint density at radius 2 is 2.00 bits per heavy atom. The van der Waals surface area contributed by atoms with Gasteiger partial charge in [0, 0.05) is 29.5 Å². The molecule has 35 heavy (non-hydrogen) atoms. The summed E-state index contributed by atoms with van der Waals surface area (Å²) in [5, 5.41) is 18.7. The summed E-state index contributed by atoms with van der Waals surface area (Å²) in [5.74, 6) is -0.00652. The van der Waals surface area contributed by atoms with Crippen molar-refractivity contribution in [1.29, 1.82) is 0 Å². The highest BCUT2D eigenvalue weighted by Gasteiger charge is 2.21. The molecule has 0 unspecified atom stereocenters. The van der Waals surface area contributed by atoms with Crippen LogP contribution in [0.5, 0.6) is 5.75 Å². The number of halogens is 1. The summed E-state index contributed by atoms with van der Waals surface area (Å²) in [4.78, 5) is 21.6. The fourth-order valence-corrected chi connectivity index (χ4v) is 3.76. The molecule has 4 aromatic heterocycles. The number of methoxy groups -OCH3 is 1. The maximum Gasteiger partial charge on any atom is 0.262 e. The molecule has 0 bridgehead atoms. The summed E-state index contributed by atoms with van der Waals surface area (Å²) in [6.45, 7) is 1.68. The van der Waals surface area contributed by atoms with E-state index in [0.29, 0.717) is 44.2 Å². The highest BCUT2D eigenvalue weighted by molar-refractivity contribution is 6.03. The molecule has 0 atom stereocenters. The number of imidazole rings is 1. The van der Waals surface area contributed by atoms with Gasteiger partial charge in [0.2, 0.25) is 0 Å². The van der Waals surface area contributed by atoms with Gasteiger partial charge in [-0.05, 0) is 48.9 Å². The number of carbonyl (C=O) groups excluding carboxylic acids is 1. The minimum Gasteiger partial charge on any atom is -0.619 e. The van der Waals surface area contributed by atoms with E-state index in [4.69, 9.17) is 9.72 Å². The number of benzene rings is 1. The number of hydrogen-bond donors (Lipinski definition) is 1. The molecule has 174 valence electrons. The van der Waals surface area contributed by atoms with Crippen molar-refractivity contribution in [3.63, 3.8) is 0 Å². The number of aryl methyl sites for hydroxylation is 1. The number of fused-ring (bicyclic) bond motifs is 1. The second kappa shape index (κ2) is 8.82. The van der Waals surface area contributed by atoms with E-state index in [0.717, 1.165) is 0 Å². The van der Waals surface area contributed by atoms with Crippen LogP contribution < -0.4 is 14.8 Å². The molecule has 4 heterocycles. The van der Waals surface area contributed by atoms with Gasteiger partial charge in [0.1, 0.15) is 22.9 Å². The first-order chi connectivity index (χ1) is 16.9. The van der Waals surface area contributed by atoms with Crippen LogP contribution in [0.2, 0.25) is 0 Å². The number of nitrogens with zero attached hydrogens (tertiary/aromatic N) is 5. The van der Waals surface area contributed by atoms with Crippen molar-refractivity contribution in [1.82, 2.24) is 19.6 Å². The molecule has 1 aromatic carbocycles. The maximum absolute atomic E-state index is 14.0. The van der Waals surface area contributed by atoms with Crippen molar-refractivity contribution in [2.45, 2.75) is 6.92 Å². The third-order valence-corrected chi connectivity index (χ3v) is 5.45. The molecule has 0 saturated heterocycles. The Balaban J connectivity index is 1.63. The van der Waals surface area contributed by atoms with Crippen LogP contribution in [0.1, 0.15) is 15.9 Å². The van der Waals surface area contributed by atoms with Crippen molar-refractivity contribution in [2.75, 3.05) is 12.4 Å². The predicted octanol–water partition coefficient (Wildman–Crippen LogP) is 3.80. The number of amides is 1. The van der Waals surface area contributed by atoms with Gasteiger partial charge >= 0.3 is 0 Å². The zero-order valence-electron chi connectivity index (χ0n) is 18.8. The van der Waals surface area contributed by atoms with Gasteiger partial charge < -0.3 is 15.3 Å². The quantitative estimate of drug-likeness (QED) is 0.309. The van der Waals surface area contributed by atoms with Crippen molar-refractivity contribution < 1.29 is 18.7 Å². The number of aromatic nitrogens is 5. The fraction of sp³-hybridized carbons (Fsp3) is 0.0800. The number of pyridine rings is 2. The predicted molar refractivity (Wildman–Crippen MR) is 126 cm³/mol. The zero-order chi connectivity index (χ0) is 24.5. The van der Waals surface area contributed by atoms with E-state index in [9.17, 15) is 14.4 Å². The lowest BCUT2D eigenvalue weighted by atomic mass is 10.0. The van der Waals surface area contributed by atoms with Crippen molar-refractivity contribution in [2.24, 2.45) is 0 Å². The molecule has 0 spiro atoms. The summed E-state index contributed by atoms with van der Waals surface area (Å²) in [7, 11) is 1.54. The van der Waals surface area contributed by atoms with Gasteiger partial charge in [-0.25, -0.2) is 18.9 Å². The molecular weight excluding hydrogens is 451 g/mol. The lowest BCUT2D eigenvalue weighted by Gasteiger charge is -2.09. The van der Waals surface area contributed by atoms with E-state index in [1.54, 1.807) is 61.3 Å². The molecule has 1 N–H and O–H groups in total. The molecule has 0 radical (unpaired) electrons. The standard InChI is InChI=1S/C25H19FN6O3/c1-15-12-16(5-6-19(15)26)22-23(32-24(30-22)20(35-2)8-10-28-32)17-7-9-27-21(13-17)29-25(33)18-4-3-11-31(34)14-18/h3-14H,1-2H3,(H,27,29,33). The van der Waals surface area contributed by atoms with E-state index in [2.05, 4.69) is 15.4 Å². The highest BCUT2D eigenvalue weighted by Crippen LogP contribution is 2.35. The molecule has 0 aliphatic rings. The molecule has 0 aliphatic heterocycles. The molecule has 10 heteroatoms. The lowest BCUT2D eigenvalue weighted by Crippen LogP contribution is -2.27. The van der Waals surface area contributed by atoms with Gasteiger partial charge in [-0.2, -0.15) is 9.83 Å². The molecular formula is C25H19FN6O3. The Morgan fingerprint density at radius 1 is 1.14 bits per heavy atom. The van der Waals surface area contributed by atoms with Crippen LogP contribution in [0.15, 0.2) is 73.3 Å². The molecule has 5 aromatic rings. The number of nitrogens with one attached hydrogen (secondary N) is 1. The minimum atomic E-state index is -0.479. The second-order valence-corrected chi connectivity index (χ2v) is 7.74. The summed E-state index contributed by atoms with van der Waals surface area (Å²) < 4.78 is 21.6. The van der Waals surface area contributed by atoms with Gasteiger partial charge in [-0.15, -0.1) is 0 Å². The highest BCUT2D eigenvalue weighted by atomic mass is 19.1. The van der Waals surface area contributed by atoms with Crippen molar-refractivity contribution >= 4 is 17.4 Å². The number of ether oxygens (including phenoxy) is 1. The van der Waals surface area contributed by atoms with E-state index >= 15 is 0 Å². The summed E-state index contributed by atoms with van der Waals surface area (Å²) in [5.41, 5.74) is 3.67. The van der Waals surface area contributed by atoms with Gasteiger partial charge in [0.15, 0.2) is 23.8 Å². The van der Waals surface area contributed by atoms with Crippen LogP contribution in [0.4, 0.5) is 10.2 Å². The smallest absolute Gasteiger partial charge is 0.262 e. The largest absolute Gasteiger partial charge is 0.619 e. The molecule has 0 fully saturated rings. The Morgan fingerprint density at radius 3 is 2.77 bits per heavy atom. The number of hydrogen-bond acceptors (Lipinski definition) is 6. The maximum atomic E-state index is 14.0. The Bertz CT molecular complexity index is 1580. The van der Waals surface area contributed by atoms with Crippen LogP contribution in [-0.4, -0.2) is 32.6 Å². The fourth-order valence-electron chi connectivity index (χ4n) is 3.76.